The van der Waals surface area contributed by atoms with Gasteiger partial charge in [-0.15, -0.1) is 0 Å². The minimum absolute atomic E-state index is 0.186. The fourth-order valence-electron chi connectivity index (χ4n) is 2.92. The number of aryl methyl sites for hydroxylation is 1. The van der Waals surface area contributed by atoms with E-state index < -0.39 is 10.0 Å². The second-order valence-corrected chi connectivity index (χ2v) is 8.03. The van der Waals surface area contributed by atoms with Crippen molar-refractivity contribution < 1.29 is 13.2 Å². The van der Waals surface area contributed by atoms with Crippen molar-refractivity contribution in [3.8, 4) is 0 Å². The van der Waals surface area contributed by atoms with Gasteiger partial charge in [0.05, 0.1) is 10.6 Å². The van der Waals surface area contributed by atoms with E-state index in [4.69, 9.17) is 0 Å². The molecule has 0 bridgehead atoms. The number of rotatable bonds is 4. The van der Waals surface area contributed by atoms with Crippen molar-refractivity contribution >= 4 is 21.6 Å². The number of hydrogen-bond donors (Lipinski definition) is 1. The lowest BCUT2D eigenvalue weighted by atomic mass is 10.0. The molecule has 0 unspecified atom stereocenters. The molecule has 7 heteroatoms. The third-order valence-corrected chi connectivity index (χ3v) is 5.92. The number of benzene rings is 2. The summed E-state index contributed by atoms with van der Waals surface area (Å²) in [5.74, 6) is -0.280. The van der Waals surface area contributed by atoms with Crippen molar-refractivity contribution in [2.75, 3.05) is 24.9 Å². The van der Waals surface area contributed by atoms with Crippen molar-refractivity contribution in [2.45, 2.75) is 17.7 Å². The first-order chi connectivity index (χ1) is 11.9. The van der Waals surface area contributed by atoms with Crippen LogP contribution in [0.3, 0.4) is 0 Å². The van der Waals surface area contributed by atoms with Crippen molar-refractivity contribution in [1.29, 1.82) is 0 Å². The van der Waals surface area contributed by atoms with Crippen LogP contribution in [0.25, 0.3) is 0 Å². The fraction of sp³-hybridized carbons (Fsp3) is 0.278. The van der Waals surface area contributed by atoms with E-state index in [-0.39, 0.29) is 10.8 Å². The van der Waals surface area contributed by atoms with Gasteiger partial charge in [0.1, 0.15) is 0 Å². The molecule has 1 aliphatic rings. The second-order valence-electron chi connectivity index (χ2n) is 6.17. The molecule has 0 saturated heterocycles. The van der Waals surface area contributed by atoms with Gasteiger partial charge < -0.3 is 0 Å². The number of carbonyl (C=O) groups is 1. The SMILES string of the molecule is CN(C)NC(=O)c1ccc(S(=O)(=O)N2CCCc3ccccc32)cc1. The molecule has 1 heterocycles. The number of carbonyl (C=O) groups excluding carboxylic acids is 1. The van der Waals surface area contributed by atoms with Gasteiger partial charge in [-0.25, -0.2) is 13.4 Å². The third kappa shape index (κ3) is 3.52. The number of anilines is 1. The molecule has 1 aliphatic heterocycles. The monoisotopic (exact) mass is 359 g/mol. The molecule has 0 saturated carbocycles. The molecular formula is C18H21N3O3S. The summed E-state index contributed by atoms with van der Waals surface area (Å²) >= 11 is 0. The van der Waals surface area contributed by atoms with Crippen molar-refractivity contribution in [3.63, 3.8) is 0 Å². The summed E-state index contributed by atoms with van der Waals surface area (Å²) in [6.45, 7) is 0.461. The minimum atomic E-state index is -3.65. The van der Waals surface area contributed by atoms with E-state index in [1.54, 1.807) is 14.1 Å². The molecule has 0 radical (unpaired) electrons. The van der Waals surface area contributed by atoms with Crippen LogP contribution in [0, 0.1) is 0 Å². The van der Waals surface area contributed by atoms with E-state index in [2.05, 4.69) is 5.43 Å². The molecule has 3 rings (SSSR count). The van der Waals surface area contributed by atoms with Crippen LogP contribution in [0.5, 0.6) is 0 Å². The molecule has 6 nitrogen and oxygen atoms in total. The highest BCUT2D eigenvalue weighted by Gasteiger charge is 2.28. The molecule has 0 spiro atoms. The number of sulfonamides is 1. The molecular weight excluding hydrogens is 338 g/mol. The maximum atomic E-state index is 13.0. The van der Waals surface area contributed by atoms with Crippen LogP contribution in [0.2, 0.25) is 0 Å². The Morgan fingerprint density at radius 2 is 1.76 bits per heavy atom. The average molecular weight is 359 g/mol. The summed E-state index contributed by atoms with van der Waals surface area (Å²) in [6.07, 6.45) is 1.67. The van der Waals surface area contributed by atoms with Gasteiger partial charge >= 0.3 is 0 Å². The molecule has 1 N–H and O–H groups in total. The highest BCUT2D eigenvalue weighted by Crippen LogP contribution is 2.31. The number of hydrazine groups is 1. The first-order valence-corrected chi connectivity index (χ1v) is 9.52. The largest absolute Gasteiger partial charge is 0.285 e. The Bertz CT molecular complexity index is 877. The van der Waals surface area contributed by atoms with Crippen molar-refractivity contribution in [2.24, 2.45) is 0 Å². The zero-order chi connectivity index (χ0) is 18.0. The Hall–Kier alpha value is -2.38. The van der Waals surface area contributed by atoms with Gasteiger partial charge in [0.15, 0.2) is 0 Å². The van der Waals surface area contributed by atoms with Gasteiger partial charge in [-0.2, -0.15) is 0 Å². The average Bonchev–Trinajstić information content (AvgIpc) is 2.60. The van der Waals surface area contributed by atoms with Crippen LogP contribution in [0.1, 0.15) is 22.3 Å². The quantitative estimate of drug-likeness (QED) is 0.848. The molecule has 2 aromatic rings. The summed E-state index contributed by atoms with van der Waals surface area (Å²) in [5, 5.41) is 1.54. The highest BCUT2D eigenvalue weighted by molar-refractivity contribution is 7.92. The molecule has 2 aromatic carbocycles. The Kier molecular flexibility index (Phi) is 4.78. The second kappa shape index (κ2) is 6.85. The van der Waals surface area contributed by atoms with Crippen LogP contribution in [-0.4, -0.2) is 40.0 Å². The topological polar surface area (TPSA) is 69.7 Å². The minimum Gasteiger partial charge on any atom is -0.285 e. The summed E-state index contributed by atoms with van der Waals surface area (Å²) in [5.41, 5.74) is 4.82. The third-order valence-electron chi connectivity index (χ3n) is 4.10. The number of para-hydroxylation sites is 1. The van der Waals surface area contributed by atoms with Crippen LogP contribution < -0.4 is 9.73 Å². The number of hydrogen-bond acceptors (Lipinski definition) is 4. The summed E-state index contributed by atoms with van der Waals surface area (Å²) in [7, 11) is -0.224. The predicted molar refractivity (Wildman–Crippen MR) is 96.9 cm³/mol. The lowest BCUT2D eigenvalue weighted by Crippen LogP contribution is -2.36. The fourth-order valence-corrected chi connectivity index (χ4v) is 4.46. The van der Waals surface area contributed by atoms with Crippen LogP contribution in [0.4, 0.5) is 5.69 Å². The standard InChI is InChI=1S/C18H21N3O3S/c1-20(2)19-18(22)15-9-11-16(12-10-15)25(23,24)21-13-5-7-14-6-3-4-8-17(14)21/h3-4,6,8-12H,5,7,13H2,1-2H3,(H,19,22). The Morgan fingerprint density at radius 3 is 2.44 bits per heavy atom. The van der Waals surface area contributed by atoms with Gasteiger partial charge in [0.2, 0.25) is 0 Å². The molecule has 0 aliphatic carbocycles. The molecule has 1 amide bonds. The van der Waals surface area contributed by atoms with Crippen LogP contribution in [0.15, 0.2) is 53.4 Å². The van der Waals surface area contributed by atoms with E-state index >= 15 is 0 Å². The number of nitrogens with one attached hydrogen (secondary N) is 1. The van der Waals surface area contributed by atoms with Gasteiger partial charge in [-0.1, -0.05) is 18.2 Å². The lowest BCUT2D eigenvalue weighted by Gasteiger charge is -2.30. The Morgan fingerprint density at radius 1 is 1.08 bits per heavy atom. The maximum Gasteiger partial charge on any atom is 0.265 e. The van der Waals surface area contributed by atoms with Crippen LogP contribution >= 0.6 is 0 Å². The smallest absolute Gasteiger partial charge is 0.265 e. The number of amides is 1. The zero-order valence-corrected chi connectivity index (χ0v) is 15.1. The maximum absolute atomic E-state index is 13.0. The van der Waals surface area contributed by atoms with Gasteiger partial charge in [-0.05, 0) is 48.7 Å². The van der Waals surface area contributed by atoms with Gasteiger partial charge in [0, 0.05) is 26.2 Å². The van der Waals surface area contributed by atoms with E-state index in [1.807, 2.05) is 24.3 Å². The molecule has 25 heavy (non-hydrogen) atoms. The molecule has 132 valence electrons. The molecule has 0 atom stereocenters. The first kappa shape index (κ1) is 17.4. The summed E-state index contributed by atoms with van der Waals surface area (Å²) < 4.78 is 27.5. The molecule has 0 fully saturated rings. The van der Waals surface area contributed by atoms with E-state index in [0.29, 0.717) is 12.1 Å². The molecule has 0 aromatic heterocycles. The van der Waals surface area contributed by atoms with E-state index in [0.717, 1.165) is 24.1 Å². The van der Waals surface area contributed by atoms with Crippen molar-refractivity contribution in [3.05, 3.63) is 59.7 Å². The predicted octanol–water partition coefficient (Wildman–Crippen LogP) is 2.03. The summed E-state index contributed by atoms with van der Waals surface area (Å²) in [6, 6.07) is 13.6. The number of nitrogens with zero attached hydrogens (tertiary/aromatic N) is 2. The zero-order valence-electron chi connectivity index (χ0n) is 14.3. The van der Waals surface area contributed by atoms with Crippen molar-refractivity contribution in [1.82, 2.24) is 10.4 Å². The Labute approximate surface area is 148 Å². The van der Waals surface area contributed by atoms with Gasteiger partial charge in [0.25, 0.3) is 15.9 Å². The van der Waals surface area contributed by atoms with E-state index in [1.165, 1.54) is 33.6 Å². The summed E-state index contributed by atoms with van der Waals surface area (Å²) in [4.78, 5) is 12.2. The normalized spacial score (nSPS) is 14.3. The van der Waals surface area contributed by atoms with Crippen LogP contribution in [-0.2, 0) is 16.4 Å². The number of fused-ring (bicyclic) bond motifs is 1. The van der Waals surface area contributed by atoms with Gasteiger partial charge in [-0.3, -0.25) is 14.5 Å². The first-order valence-electron chi connectivity index (χ1n) is 8.08. The van der Waals surface area contributed by atoms with E-state index in [9.17, 15) is 13.2 Å². The lowest BCUT2D eigenvalue weighted by molar-refractivity contribution is 0.0857. The highest BCUT2D eigenvalue weighted by atomic mass is 32.2. The Balaban J connectivity index is 1.90.